The zero-order valence-corrected chi connectivity index (χ0v) is 14.0. The van der Waals surface area contributed by atoms with Crippen LogP contribution in [0.2, 0.25) is 5.02 Å². The van der Waals surface area contributed by atoms with Gasteiger partial charge in [-0.2, -0.15) is 0 Å². The van der Waals surface area contributed by atoms with Crippen molar-refractivity contribution in [3.8, 4) is 0 Å². The predicted octanol–water partition coefficient (Wildman–Crippen LogP) is 2.94. The van der Waals surface area contributed by atoms with Crippen LogP contribution in [0, 0.1) is 0 Å². The summed E-state index contributed by atoms with van der Waals surface area (Å²) >= 11 is 6.05. The van der Waals surface area contributed by atoms with Crippen LogP contribution in [0.3, 0.4) is 0 Å². The summed E-state index contributed by atoms with van der Waals surface area (Å²) in [5, 5.41) is 5.47. The summed E-state index contributed by atoms with van der Waals surface area (Å²) in [6.07, 6.45) is 1.84. The summed E-state index contributed by atoms with van der Waals surface area (Å²) in [6.45, 7) is 7.91. The Bertz CT molecular complexity index is 638. The summed E-state index contributed by atoms with van der Waals surface area (Å²) in [4.78, 5) is 9.30. The molecular weight excluding hydrogens is 296 g/mol. The molecule has 1 aliphatic rings. The Kier molecular flexibility index (Phi) is 4.81. The molecule has 0 bridgehead atoms. The number of hydrogen-bond acceptors (Lipinski definition) is 4. The van der Waals surface area contributed by atoms with E-state index in [1.165, 1.54) is 0 Å². The van der Waals surface area contributed by atoms with Gasteiger partial charge in [-0.3, -0.25) is 9.88 Å². The van der Waals surface area contributed by atoms with Gasteiger partial charge in [-0.25, -0.2) is 0 Å². The molecule has 5 heteroatoms. The van der Waals surface area contributed by atoms with E-state index in [0.717, 1.165) is 54.3 Å². The summed E-state index contributed by atoms with van der Waals surface area (Å²) in [6, 6.07) is 8.30. The largest absolute Gasteiger partial charge is 0.381 e. The van der Waals surface area contributed by atoms with Crippen LogP contribution in [-0.2, 0) is 0 Å². The number of hydrogen-bond donors (Lipinski definition) is 1. The molecule has 1 aromatic carbocycles. The molecule has 0 aliphatic carbocycles. The van der Waals surface area contributed by atoms with Crippen molar-refractivity contribution in [2.45, 2.75) is 13.0 Å². The summed E-state index contributed by atoms with van der Waals surface area (Å²) in [5.74, 6) is 0. The Morgan fingerprint density at radius 1 is 1.23 bits per heavy atom. The second kappa shape index (κ2) is 6.82. The number of aromatic nitrogens is 1. The Hall–Kier alpha value is -1.36. The lowest BCUT2D eigenvalue weighted by Crippen LogP contribution is -2.47. The van der Waals surface area contributed by atoms with Crippen LogP contribution in [0.15, 0.2) is 30.5 Å². The fraction of sp³-hybridized carbons (Fsp3) is 0.471. The van der Waals surface area contributed by atoms with E-state index in [1.807, 2.05) is 30.5 Å². The molecule has 118 valence electrons. The first-order valence-corrected chi connectivity index (χ1v) is 8.21. The lowest BCUT2D eigenvalue weighted by molar-refractivity contribution is 0.151. The summed E-state index contributed by atoms with van der Waals surface area (Å²) in [5.41, 5.74) is 2.06. The monoisotopic (exact) mass is 318 g/mol. The van der Waals surface area contributed by atoms with Crippen LogP contribution < -0.4 is 5.32 Å². The summed E-state index contributed by atoms with van der Waals surface area (Å²) < 4.78 is 0. The van der Waals surface area contributed by atoms with Crippen LogP contribution in [0.1, 0.15) is 6.92 Å². The van der Waals surface area contributed by atoms with E-state index >= 15 is 0 Å². The van der Waals surface area contributed by atoms with Gasteiger partial charge in [0.15, 0.2) is 0 Å². The van der Waals surface area contributed by atoms with Crippen molar-refractivity contribution in [2.75, 3.05) is 45.1 Å². The maximum absolute atomic E-state index is 6.05. The highest BCUT2D eigenvalue weighted by atomic mass is 35.5. The molecule has 0 amide bonds. The molecule has 1 fully saturated rings. The van der Waals surface area contributed by atoms with Gasteiger partial charge in [0.1, 0.15) is 0 Å². The topological polar surface area (TPSA) is 31.4 Å². The lowest BCUT2D eigenvalue weighted by atomic mass is 10.1. The molecule has 2 heterocycles. The number of pyridine rings is 1. The molecule has 1 saturated heterocycles. The molecule has 1 aromatic heterocycles. The molecule has 0 spiro atoms. The number of rotatable bonds is 4. The van der Waals surface area contributed by atoms with Crippen molar-refractivity contribution in [1.29, 1.82) is 0 Å². The van der Waals surface area contributed by atoms with E-state index in [-0.39, 0.29) is 0 Å². The minimum absolute atomic E-state index is 0.393. The van der Waals surface area contributed by atoms with Gasteiger partial charge in [0.2, 0.25) is 0 Å². The van der Waals surface area contributed by atoms with Crippen LogP contribution in [0.4, 0.5) is 5.69 Å². The quantitative estimate of drug-likeness (QED) is 0.939. The SMILES string of the molecule is CC(CN1CCN(C)CC1)Nc1ccnc2cc(Cl)ccc12. The van der Waals surface area contributed by atoms with Crippen LogP contribution in [-0.4, -0.2) is 60.6 Å². The molecular formula is C17H23ClN4. The van der Waals surface area contributed by atoms with Gasteiger partial charge in [0.25, 0.3) is 0 Å². The normalized spacial score (nSPS) is 18.5. The molecule has 1 N–H and O–H groups in total. The van der Waals surface area contributed by atoms with Crippen molar-refractivity contribution in [3.63, 3.8) is 0 Å². The fourth-order valence-corrected chi connectivity index (χ4v) is 3.14. The zero-order valence-electron chi connectivity index (χ0n) is 13.2. The van der Waals surface area contributed by atoms with Gasteiger partial charge in [-0.15, -0.1) is 0 Å². The lowest BCUT2D eigenvalue weighted by Gasteiger charge is -2.34. The number of benzene rings is 1. The van der Waals surface area contributed by atoms with Crippen molar-refractivity contribution < 1.29 is 0 Å². The average Bonchev–Trinajstić information content (AvgIpc) is 2.49. The first-order chi connectivity index (χ1) is 10.6. The highest BCUT2D eigenvalue weighted by Gasteiger charge is 2.16. The number of anilines is 1. The molecule has 2 aromatic rings. The van der Waals surface area contributed by atoms with Crippen LogP contribution >= 0.6 is 11.6 Å². The molecule has 0 saturated carbocycles. The molecule has 0 radical (unpaired) electrons. The third kappa shape index (κ3) is 3.69. The van der Waals surface area contributed by atoms with Crippen LogP contribution in [0.25, 0.3) is 10.9 Å². The fourth-order valence-electron chi connectivity index (χ4n) is 2.98. The molecule has 1 unspecified atom stereocenters. The minimum Gasteiger partial charge on any atom is -0.381 e. The second-order valence-corrected chi connectivity index (χ2v) is 6.61. The van der Waals surface area contributed by atoms with E-state index < -0.39 is 0 Å². The standard InChI is InChI=1S/C17H23ClN4/c1-13(12-22-9-7-21(2)8-10-22)20-16-5-6-19-17-11-14(18)3-4-15(16)17/h3-6,11,13H,7-10,12H2,1-2H3,(H,19,20). The van der Waals surface area contributed by atoms with Gasteiger partial charge >= 0.3 is 0 Å². The Morgan fingerprint density at radius 3 is 2.77 bits per heavy atom. The number of likely N-dealkylation sites (N-methyl/N-ethyl adjacent to an activating group) is 1. The molecule has 1 aliphatic heterocycles. The molecule has 22 heavy (non-hydrogen) atoms. The van der Waals surface area contributed by atoms with Gasteiger partial charge in [-0.05, 0) is 38.2 Å². The smallest absolute Gasteiger partial charge is 0.0737 e. The van der Waals surface area contributed by atoms with Gasteiger partial charge in [0, 0.05) is 61.1 Å². The van der Waals surface area contributed by atoms with Crippen molar-refractivity contribution in [2.24, 2.45) is 0 Å². The first kappa shape index (κ1) is 15.5. The molecule has 4 nitrogen and oxygen atoms in total. The van der Waals surface area contributed by atoms with E-state index in [1.54, 1.807) is 0 Å². The van der Waals surface area contributed by atoms with Crippen molar-refractivity contribution >= 4 is 28.2 Å². The highest BCUT2D eigenvalue weighted by Crippen LogP contribution is 2.25. The minimum atomic E-state index is 0.393. The number of halogens is 1. The third-order valence-electron chi connectivity index (χ3n) is 4.23. The van der Waals surface area contributed by atoms with E-state index in [9.17, 15) is 0 Å². The van der Waals surface area contributed by atoms with Crippen molar-refractivity contribution in [1.82, 2.24) is 14.8 Å². The average molecular weight is 319 g/mol. The van der Waals surface area contributed by atoms with E-state index in [0.29, 0.717) is 6.04 Å². The number of nitrogens with zero attached hydrogens (tertiary/aromatic N) is 3. The van der Waals surface area contributed by atoms with Gasteiger partial charge in [-0.1, -0.05) is 11.6 Å². The third-order valence-corrected chi connectivity index (χ3v) is 4.47. The zero-order chi connectivity index (χ0) is 15.5. The first-order valence-electron chi connectivity index (χ1n) is 7.83. The van der Waals surface area contributed by atoms with Gasteiger partial charge in [0.05, 0.1) is 5.52 Å². The summed E-state index contributed by atoms with van der Waals surface area (Å²) in [7, 11) is 2.19. The Morgan fingerprint density at radius 2 is 2.00 bits per heavy atom. The molecule has 1 atom stereocenters. The molecule has 3 rings (SSSR count). The maximum Gasteiger partial charge on any atom is 0.0737 e. The predicted molar refractivity (Wildman–Crippen MR) is 93.8 cm³/mol. The number of fused-ring (bicyclic) bond motifs is 1. The number of piperazine rings is 1. The van der Waals surface area contributed by atoms with Gasteiger partial charge < -0.3 is 10.2 Å². The highest BCUT2D eigenvalue weighted by molar-refractivity contribution is 6.31. The van der Waals surface area contributed by atoms with Crippen molar-refractivity contribution in [3.05, 3.63) is 35.5 Å². The maximum atomic E-state index is 6.05. The van der Waals surface area contributed by atoms with E-state index in [2.05, 4.69) is 34.1 Å². The van der Waals surface area contributed by atoms with Crippen LogP contribution in [0.5, 0.6) is 0 Å². The van der Waals surface area contributed by atoms with E-state index in [4.69, 9.17) is 11.6 Å². The Labute approximate surface area is 137 Å². The number of nitrogens with one attached hydrogen (secondary N) is 1. The second-order valence-electron chi connectivity index (χ2n) is 6.17. The Balaban J connectivity index is 1.67.